The Morgan fingerprint density at radius 3 is 2.56 bits per heavy atom. The van der Waals surface area contributed by atoms with Crippen LogP contribution in [0.15, 0.2) is 0 Å². The molecular weight excluding hydrogens is 206 g/mol. The molecule has 0 bridgehead atoms. The van der Waals surface area contributed by atoms with Crippen LogP contribution < -0.4 is 0 Å². The summed E-state index contributed by atoms with van der Waals surface area (Å²) in [5, 5.41) is 0. The molecule has 1 aliphatic rings. The molecule has 1 rings (SSSR count). The molecule has 1 saturated heterocycles. The Bertz CT molecular complexity index is 247. The predicted molar refractivity (Wildman–Crippen MR) is 62.4 cm³/mol. The minimum Gasteiger partial charge on any atom is -0.444 e. The summed E-state index contributed by atoms with van der Waals surface area (Å²) >= 11 is 0. The summed E-state index contributed by atoms with van der Waals surface area (Å²) in [6.07, 6.45) is 0.770. The minimum atomic E-state index is -0.430. The highest BCUT2D eigenvalue weighted by molar-refractivity contribution is 5.69. The van der Waals surface area contributed by atoms with E-state index in [0.717, 1.165) is 13.0 Å². The molecule has 0 aromatic rings. The molecule has 0 aromatic carbocycles. The lowest BCUT2D eigenvalue weighted by atomic mass is 10.1. The first-order valence-corrected chi connectivity index (χ1v) is 5.82. The summed E-state index contributed by atoms with van der Waals surface area (Å²) in [6, 6.07) is 0.162. The van der Waals surface area contributed by atoms with Crippen LogP contribution in [0, 0.1) is 5.92 Å². The van der Waals surface area contributed by atoms with E-state index in [-0.39, 0.29) is 12.1 Å². The molecule has 0 saturated carbocycles. The van der Waals surface area contributed by atoms with Gasteiger partial charge in [0.2, 0.25) is 0 Å². The number of methoxy groups -OCH3 is 1. The van der Waals surface area contributed by atoms with Crippen molar-refractivity contribution in [2.45, 2.75) is 45.8 Å². The number of likely N-dealkylation sites (tertiary alicyclic amines) is 1. The SMILES string of the molecule is COCC1CC(C)CN1C(=O)OC(C)(C)C. The Labute approximate surface area is 97.9 Å². The normalized spacial score (nSPS) is 25.9. The molecule has 0 aromatic heterocycles. The van der Waals surface area contributed by atoms with Crippen molar-refractivity contribution in [1.82, 2.24) is 4.90 Å². The second-order valence-electron chi connectivity index (χ2n) is 5.58. The molecule has 94 valence electrons. The molecule has 4 heteroatoms. The van der Waals surface area contributed by atoms with E-state index in [4.69, 9.17) is 9.47 Å². The lowest BCUT2D eigenvalue weighted by Gasteiger charge is -2.28. The van der Waals surface area contributed by atoms with E-state index in [1.165, 1.54) is 0 Å². The van der Waals surface area contributed by atoms with Crippen LogP contribution in [0.3, 0.4) is 0 Å². The topological polar surface area (TPSA) is 38.8 Å². The van der Waals surface area contributed by atoms with E-state index in [0.29, 0.717) is 12.5 Å². The maximum absolute atomic E-state index is 11.9. The predicted octanol–water partition coefficient (Wildman–Crippen LogP) is 2.28. The highest BCUT2D eigenvalue weighted by Crippen LogP contribution is 2.25. The summed E-state index contributed by atoms with van der Waals surface area (Å²) < 4.78 is 10.5. The average Bonchev–Trinajstić information content (AvgIpc) is 2.44. The fraction of sp³-hybridized carbons (Fsp3) is 0.917. The van der Waals surface area contributed by atoms with Crippen molar-refractivity contribution in [2.75, 3.05) is 20.3 Å². The van der Waals surface area contributed by atoms with Gasteiger partial charge in [-0.25, -0.2) is 4.79 Å². The van der Waals surface area contributed by atoms with Gasteiger partial charge < -0.3 is 14.4 Å². The van der Waals surface area contributed by atoms with Crippen LogP contribution in [0.2, 0.25) is 0 Å². The van der Waals surface area contributed by atoms with Crippen LogP contribution in [0.25, 0.3) is 0 Å². The Morgan fingerprint density at radius 1 is 1.44 bits per heavy atom. The van der Waals surface area contributed by atoms with Gasteiger partial charge >= 0.3 is 6.09 Å². The van der Waals surface area contributed by atoms with Crippen LogP contribution in [-0.2, 0) is 9.47 Å². The van der Waals surface area contributed by atoms with Gasteiger partial charge in [-0.05, 0) is 33.1 Å². The van der Waals surface area contributed by atoms with Gasteiger partial charge in [0, 0.05) is 13.7 Å². The van der Waals surface area contributed by atoms with Gasteiger partial charge in [-0.15, -0.1) is 0 Å². The zero-order chi connectivity index (χ0) is 12.3. The van der Waals surface area contributed by atoms with Gasteiger partial charge in [0.25, 0.3) is 0 Å². The minimum absolute atomic E-state index is 0.162. The molecule has 0 N–H and O–H groups in total. The second-order valence-corrected chi connectivity index (χ2v) is 5.58. The molecule has 1 aliphatic heterocycles. The number of carbonyl (C=O) groups is 1. The van der Waals surface area contributed by atoms with Crippen LogP contribution >= 0.6 is 0 Å². The van der Waals surface area contributed by atoms with Crippen molar-refractivity contribution in [2.24, 2.45) is 5.92 Å². The summed E-state index contributed by atoms with van der Waals surface area (Å²) in [7, 11) is 1.66. The zero-order valence-electron chi connectivity index (χ0n) is 10.9. The summed E-state index contributed by atoms with van der Waals surface area (Å²) in [4.78, 5) is 13.7. The van der Waals surface area contributed by atoms with Crippen molar-refractivity contribution in [3.8, 4) is 0 Å². The first kappa shape index (κ1) is 13.3. The monoisotopic (exact) mass is 229 g/mol. The third-order valence-electron chi connectivity index (χ3n) is 2.61. The summed E-state index contributed by atoms with van der Waals surface area (Å²) in [6.45, 7) is 9.15. The van der Waals surface area contributed by atoms with E-state index < -0.39 is 5.60 Å². The molecule has 1 heterocycles. The van der Waals surface area contributed by atoms with E-state index in [1.54, 1.807) is 12.0 Å². The van der Waals surface area contributed by atoms with E-state index in [1.807, 2.05) is 20.8 Å². The number of carbonyl (C=O) groups excluding carboxylic acids is 1. The zero-order valence-corrected chi connectivity index (χ0v) is 10.9. The smallest absolute Gasteiger partial charge is 0.410 e. The second kappa shape index (κ2) is 5.04. The highest BCUT2D eigenvalue weighted by Gasteiger charge is 2.35. The largest absolute Gasteiger partial charge is 0.444 e. The lowest BCUT2D eigenvalue weighted by molar-refractivity contribution is 0.0146. The number of rotatable bonds is 2. The Kier molecular flexibility index (Phi) is 4.19. The number of nitrogens with zero attached hydrogens (tertiary/aromatic N) is 1. The molecule has 2 unspecified atom stereocenters. The van der Waals surface area contributed by atoms with Crippen LogP contribution in [-0.4, -0.2) is 42.9 Å². The summed E-state index contributed by atoms with van der Waals surface area (Å²) in [5.41, 5.74) is -0.430. The van der Waals surface area contributed by atoms with Gasteiger partial charge in [-0.2, -0.15) is 0 Å². The number of hydrogen-bond donors (Lipinski definition) is 0. The van der Waals surface area contributed by atoms with E-state index in [9.17, 15) is 4.79 Å². The van der Waals surface area contributed by atoms with Crippen molar-refractivity contribution in [1.29, 1.82) is 0 Å². The number of hydrogen-bond acceptors (Lipinski definition) is 3. The molecule has 0 spiro atoms. The first-order valence-electron chi connectivity index (χ1n) is 5.82. The molecule has 1 amide bonds. The molecule has 16 heavy (non-hydrogen) atoms. The quantitative estimate of drug-likeness (QED) is 0.729. The van der Waals surface area contributed by atoms with E-state index in [2.05, 4.69) is 6.92 Å². The maximum Gasteiger partial charge on any atom is 0.410 e. The van der Waals surface area contributed by atoms with E-state index >= 15 is 0 Å². The van der Waals surface area contributed by atoms with Gasteiger partial charge in [0.15, 0.2) is 0 Å². The van der Waals surface area contributed by atoms with Gasteiger partial charge in [0.05, 0.1) is 12.6 Å². The first-order chi connectivity index (χ1) is 7.33. The third kappa shape index (κ3) is 3.67. The highest BCUT2D eigenvalue weighted by atomic mass is 16.6. The van der Waals surface area contributed by atoms with Crippen molar-refractivity contribution in [3.05, 3.63) is 0 Å². The fourth-order valence-electron chi connectivity index (χ4n) is 2.05. The summed E-state index contributed by atoms with van der Waals surface area (Å²) in [5.74, 6) is 0.521. The van der Waals surface area contributed by atoms with Gasteiger partial charge in [-0.3, -0.25) is 0 Å². The van der Waals surface area contributed by atoms with Gasteiger partial charge in [0.1, 0.15) is 5.60 Å². The Morgan fingerprint density at radius 2 is 2.06 bits per heavy atom. The van der Waals surface area contributed by atoms with Crippen molar-refractivity contribution < 1.29 is 14.3 Å². The molecule has 2 atom stereocenters. The average molecular weight is 229 g/mol. The van der Waals surface area contributed by atoms with Crippen molar-refractivity contribution in [3.63, 3.8) is 0 Å². The third-order valence-corrected chi connectivity index (χ3v) is 2.61. The molecule has 0 radical (unpaired) electrons. The van der Waals surface area contributed by atoms with Crippen LogP contribution in [0.4, 0.5) is 4.79 Å². The standard InChI is InChI=1S/C12H23NO3/c1-9-6-10(8-15-5)13(7-9)11(14)16-12(2,3)4/h9-10H,6-8H2,1-5H3. The molecule has 0 aliphatic carbocycles. The molecular formula is C12H23NO3. The van der Waals surface area contributed by atoms with Crippen LogP contribution in [0.1, 0.15) is 34.1 Å². The lowest BCUT2D eigenvalue weighted by Crippen LogP contribution is -2.41. The van der Waals surface area contributed by atoms with Crippen LogP contribution in [0.5, 0.6) is 0 Å². The molecule has 1 fully saturated rings. The fourth-order valence-corrected chi connectivity index (χ4v) is 2.05. The van der Waals surface area contributed by atoms with Gasteiger partial charge in [-0.1, -0.05) is 6.92 Å². The number of ether oxygens (including phenoxy) is 2. The maximum atomic E-state index is 11.9. The number of amides is 1. The Balaban J connectivity index is 2.59. The Hall–Kier alpha value is -0.770. The molecule has 4 nitrogen and oxygen atoms in total. The van der Waals surface area contributed by atoms with Crippen molar-refractivity contribution >= 4 is 6.09 Å².